The third-order valence-electron chi connectivity index (χ3n) is 3.24. The first-order chi connectivity index (χ1) is 9.78. The van der Waals surface area contributed by atoms with Gasteiger partial charge in [-0.3, -0.25) is 5.73 Å². The molecule has 7 heteroatoms. The van der Waals surface area contributed by atoms with E-state index in [2.05, 4.69) is 5.32 Å². The van der Waals surface area contributed by atoms with Gasteiger partial charge >= 0.3 is 6.18 Å². The van der Waals surface area contributed by atoms with E-state index in [0.29, 0.717) is 11.3 Å². The van der Waals surface area contributed by atoms with Gasteiger partial charge in [-0.25, -0.2) is 0 Å². The van der Waals surface area contributed by atoms with Crippen molar-refractivity contribution >= 4 is 23.1 Å². The zero-order valence-electron chi connectivity index (χ0n) is 10.7. The number of halogens is 3. The predicted molar refractivity (Wildman–Crippen MR) is 77.6 cm³/mol. The highest BCUT2D eigenvalue weighted by atomic mass is 32.2. The Morgan fingerprint density at radius 3 is 2.33 bits per heavy atom. The monoisotopic (exact) mass is 311 g/mol. The van der Waals surface area contributed by atoms with Crippen molar-refractivity contribution < 1.29 is 13.2 Å². The summed E-state index contributed by atoms with van der Waals surface area (Å²) in [4.78, 5) is -0.127. The summed E-state index contributed by atoms with van der Waals surface area (Å²) in [5, 5.41) is 3.12. The fourth-order valence-corrected chi connectivity index (χ4v) is 3.35. The first-order valence-corrected chi connectivity index (χ1v) is 6.93. The van der Waals surface area contributed by atoms with E-state index in [1.54, 1.807) is 18.2 Å². The largest absolute Gasteiger partial charge is 0.416 e. The molecule has 0 bridgehead atoms. The third kappa shape index (κ3) is 2.54. The number of nitrogens with one attached hydrogen (secondary N) is 1. The average Bonchev–Trinajstić information content (AvgIpc) is 2.75. The lowest BCUT2D eigenvalue weighted by molar-refractivity contribution is -0.137. The van der Waals surface area contributed by atoms with Crippen molar-refractivity contribution in [1.82, 2.24) is 0 Å². The molecule has 0 amide bonds. The average molecular weight is 311 g/mol. The Bertz CT molecular complexity index is 685. The lowest BCUT2D eigenvalue weighted by Crippen LogP contribution is -2.38. The second-order valence-electron chi connectivity index (χ2n) is 4.79. The number of alkyl halides is 3. The van der Waals surface area contributed by atoms with E-state index in [1.807, 2.05) is 0 Å². The minimum absolute atomic E-state index is 0.565. The molecule has 0 saturated heterocycles. The number of fused-ring (bicyclic) bond motifs is 1. The van der Waals surface area contributed by atoms with E-state index in [-0.39, 0.29) is 0 Å². The Morgan fingerprint density at radius 1 is 1.05 bits per heavy atom. The first kappa shape index (κ1) is 14.1. The van der Waals surface area contributed by atoms with Gasteiger partial charge < -0.3 is 11.1 Å². The molecule has 5 N–H and O–H groups in total. The van der Waals surface area contributed by atoms with Gasteiger partial charge in [-0.15, -0.1) is 0 Å². The highest BCUT2D eigenvalue weighted by Gasteiger charge is 2.37. The molecule has 1 unspecified atom stereocenters. The molecule has 1 aliphatic heterocycles. The zero-order valence-corrected chi connectivity index (χ0v) is 11.6. The highest BCUT2D eigenvalue weighted by molar-refractivity contribution is 8.00. The molecule has 3 nitrogen and oxygen atoms in total. The van der Waals surface area contributed by atoms with Gasteiger partial charge in [0.2, 0.25) is 0 Å². The van der Waals surface area contributed by atoms with Gasteiger partial charge in [0.15, 0.2) is 4.99 Å². The summed E-state index contributed by atoms with van der Waals surface area (Å²) in [6.07, 6.45) is -4.35. The Morgan fingerprint density at radius 2 is 1.71 bits per heavy atom. The Hall–Kier alpha value is -1.86. The number of nitrogen functional groups attached to an aromatic ring is 1. The Balaban J connectivity index is 1.91. The van der Waals surface area contributed by atoms with E-state index >= 15 is 0 Å². The van der Waals surface area contributed by atoms with Gasteiger partial charge in [0.25, 0.3) is 0 Å². The molecule has 0 aliphatic carbocycles. The molecule has 0 fully saturated rings. The van der Waals surface area contributed by atoms with Crippen LogP contribution >= 0.6 is 11.8 Å². The number of nitrogens with two attached hydrogens (primary N) is 2. The summed E-state index contributed by atoms with van der Waals surface area (Å²) in [7, 11) is 0. The summed E-state index contributed by atoms with van der Waals surface area (Å²) < 4.78 is 37.8. The van der Waals surface area contributed by atoms with Gasteiger partial charge in [-0.2, -0.15) is 13.2 Å². The van der Waals surface area contributed by atoms with Crippen molar-refractivity contribution in [2.24, 2.45) is 5.73 Å². The molecule has 110 valence electrons. The van der Waals surface area contributed by atoms with Crippen LogP contribution in [0.15, 0.2) is 47.4 Å². The SMILES string of the molecule is Nc1ccc2c(c1)SC(N)(c1ccc(C(F)(F)F)cc1)N2. The topological polar surface area (TPSA) is 64.1 Å². The van der Waals surface area contributed by atoms with Crippen molar-refractivity contribution in [2.45, 2.75) is 16.1 Å². The van der Waals surface area contributed by atoms with Gasteiger partial charge in [0, 0.05) is 16.1 Å². The van der Waals surface area contributed by atoms with Crippen LogP contribution < -0.4 is 16.8 Å². The third-order valence-corrected chi connectivity index (χ3v) is 4.46. The van der Waals surface area contributed by atoms with Crippen LogP contribution in [0.1, 0.15) is 11.1 Å². The molecule has 1 aliphatic rings. The normalized spacial score (nSPS) is 21.0. The second kappa shape index (κ2) is 4.57. The maximum atomic E-state index is 12.6. The number of thioether (sulfide) groups is 1. The van der Waals surface area contributed by atoms with Crippen LogP contribution in [0.2, 0.25) is 0 Å². The van der Waals surface area contributed by atoms with Crippen LogP contribution in [0.25, 0.3) is 0 Å². The molecule has 0 saturated carbocycles. The zero-order chi connectivity index (χ0) is 15.3. The summed E-state index contributed by atoms with van der Waals surface area (Å²) in [6, 6.07) is 10.2. The number of anilines is 2. The van der Waals surface area contributed by atoms with Gasteiger partial charge in [-0.05, 0) is 30.3 Å². The van der Waals surface area contributed by atoms with Crippen molar-refractivity contribution in [3.63, 3.8) is 0 Å². The summed E-state index contributed by atoms with van der Waals surface area (Å²) in [5.74, 6) is 0. The number of hydrogen-bond donors (Lipinski definition) is 3. The summed E-state index contributed by atoms with van der Waals surface area (Å²) >= 11 is 1.32. The molecule has 21 heavy (non-hydrogen) atoms. The molecule has 0 radical (unpaired) electrons. The number of rotatable bonds is 1. The summed E-state index contributed by atoms with van der Waals surface area (Å²) in [6.45, 7) is 0. The van der Waals surface area contributed by atoms with Crippen LogP contribution in [0, 0.1) is 0 Å². The van der Waals surface area contributed by atoms with Crippen LogP contribution in [0.3, 0.4) is 0 Å². The molecule has 1 atom stereocenters. The standard InChI is InChI=1S/C14H12F3N3S/c15-13(16,17)8-1-3-9(4-2-8)14(19)20-11-6-5-10(18)7-12(11)21-14/h1-7,20H,18-19H2. The van der Waals surface area contributed by atoms with Crippen molar-refractivity contribution in [2.75, 3.05) is 11.1 Å². The van der Waals surface area contributed by atoms with Crippen LogP contribution in [-0.2, 0) is 11.2 Å². The molecule has 3 rings (SSSR count). The first-order valence-electron chi connectivity index (χ1n) is 6.11. The maximum Gasteiger partial charge on any atom is 0.416 e. The molecule has 0 aromatic heterocycles. The van der Waals surface area contributed by atoms with Crippen molar-refractivity contribution in [3.8, 4) is 0 Å². The van der Waals surface area contributed by atoms with E-state index in [0.717, 1.165) is 22.7 Å². The lowest BCUT2D eigenvalue weighted by atomic mass is 10.1. The lowest BCUT2D eigenvalue weighted by Gasteiger charge is -2.24. The number of benzene rings is 2. The van der Waals surface area contributed by atoms with Crippen LogP contribution in [-0.4, -0.2) is 0 Å². The summed E-state index contributed by atoms with van der Waals surface area (Å²) in [5.41, 5.74) is 13.3. The Labute approximate surface area is 123 Å². The Kier molecular flexibility index (Phi) is 3.07. The van der Waals surface area contributed by atoms with Crippen LogP contribution in [0.5, 0.6) is 0 Å². The van der Waals surface area contributed by atoms with E-state index < -0.39 is 16.7 Å². The highest BCUT2D eigenvalue weighted by Crippen LogP contribution is 2.48. The quantitative estimate of drug-likeness (QED) is 0.704. The van der Waals surface area contributed by atoms with Gasteiger partial charge in [0.05, 0.1) is 11.3 Å². The minimum Gasteiger partial charge on any atom is -0.399 e. The van der Waals surface area contributed by atoms with E-state index in [9.17, 15) is 13.2 Å². The van der Waals surface area contributed by atoms with Gasteiger partial charge in [0.1, 0.15) is 0 Å². The molecular formula is C14H12F3N3S. The smallest absolute Gasteiger partial charge is 0.399 e. The van der Waals surface area contributed by atoms with Gasteiger partial charge in [-0.1, -0.05) is 23.9 Å². The molecular weight excluding hydrogens is 299 g/mol. The molecule has 2 aromatic rings. The van der Waals surface area contributed by atoms with Crippen LogP contribution in [0.4, 0.5) is 24.5 Å². The number of hydrogen-bond acceptors (Lipinski definition) is 4. The van der Waals surface area contributed by atoms with E-state index in [4.69, 9.17) is 11.5 Å². The van der Waals surface area contributed by atoms with Crippen molar-refractivity contribution in [3.05, 3.63) is 53.6 Å². The fourth-order valence-electron chi connectivity index (χ4n) is 2.16. The fraction of sp³-hybridized carbons (Fsp3) is 0.143. The van der Waals surface area contributed by atoms with E-state index in [1.165, 1.54) is 23.9 Å². The second-order valence-corrected chi connectivity index (χ2v) is 6.08. The molecule has 1 heterocycles. The minimum atomic E-state index is -4.35. The molecule has 2 aromatic carbocycles. The molecule has 0 spiro atoms. The maximum absolute atomic E-state index is 12.6. The van der Waals surface area contributed by atoms with Crippen molar-refractivity contribution in [1.29, 1.82) is 0 Å². The predicted octanol–water partition coefficient (Wildman–Crippen LogP) is 3.57.